The molecule has 2 fully saturated rings. The van der Waals surface area contributed by atoms with Crippen LogP contribution in [0.3, 0.4) is 0 Å². The molecule has 20 heavy (non-hydrogen) atoms. The van der Waals surface area contributed by atoms with Crippen molar-refractivity contribution in [3.63, 3.8) is 0 Å². The Morgan fingerprint density at radius 1 is 1.45 bits per heavy atom. The Bertz CT molecular complexity index is 571. The SMILES string of the molecule is CC1C2CNCC2CN1c1cnn(C(C)C)c(=O)c1Br. The summed E-state index contributed by atoms with van der Waals surface area (Å²) in [5.41, 5.74) is 0.897. The summed E-state index contributed by atoms with van der Waals surface area (Å²) in [5.74, 6) is 1.36. The van der Waals surface area contributed by atoms with E-state index in [1.165, 1.54) is 4.68 Å². The smallest absolute Gasteiger partial charge is 0.283 e. The number of nitrogens with zero attached hydrogens (tertiary/aromatic N) is 3. The Labute approximate surface area is 127 Å². The lowest BCUT2D eigenvalue weighted by atomic mass is 9.95. The Balaban J connectivity index is 1.96. The van der Waals surface area contributed by atoms with Crippen LogP contribution < -0.4 is 15.8 Å². The number of halogens is 1. The van der Waals surface area contributed by atoms with Crippen molar-refractivity contribution in [2.24, 2.45) is 11.8 Å². The number of nitrogens with one attached hydrogen (secondary N) is 1. The van der Waals surface area contributed by atoms with Crippen molar-refractivity contribution in [3.05, 3.63) is 21.0 Å². The molecular weight excluding hydrogens is 320 g/mol. The second-order valence-corrected chi connectivity index (χ2v) is 6.96. The van der Waals surface area contributed by atoms with Gasteiger partial charge >= 0.3 is 0 Å². The van der Waals surface area contributed by atoms with Gasteiger partial charge in [0, 0.05) is 25.7 Å². The molecule has 2 saturated heterocycles. The van der Waals surface area contributed by atoms with E-state index in [1.807, 2.05) is 20.0 Å². The molecule has 3 unspecified atom stereocenters. The Hall–Kier alpha value is -0.880. The fraction of sp³-hybridized carbons (Fsp3) is 0.714. The monoisotopic (exact) mass is 340 g/mol. The van der Waals surface area contributed by atoms with E-state index in [0.717, 1.165) is 25.3 Å². The van der Waals surface area contributed by atoms with E-state index in [9.17, 15) is 4.79 Å². The third-order valence-electron chi connectivity index (χ3n) is 4.66. The minimum atomic E-state index is -0.0418. The predicted molar refractivity (Wildman–Crippen MR) is 83.2 cm³/mol. The van der Waals surface area contributed by atoms with E-state index < -0.39 is 0 Å². The molecule has 2 aliphatic rings. The zero-order chi connectivity index (χ0) is 14.4. The van der Waals surface area contributed by atoms with Crippen molar-refractivity contribution in [1.82, 2.24) is 15.1 Å². The van der Waals surface area contributed by atoms with Gasteiger partial charge in [0.25, 0.3) is 5.56 Å². The average Bonchev–Trinajstić information content (AvgIpc) is 2.96. The van der Waals surface area contributed by atoms with Crippen molar-refractivity contribution in [3.8, 4) is 0 Å². The van der Waals surface area contributed by atoms with Crippen LogP contribution in [0.2, 0.25) is 0 Å². The second kappa shape index (κ2) is 5.15. The maximum absolute atomic E-state index is 12.4. The molecule has 0 aliphatic carbocycles. The summed E-state index contributed by atoms with van der Waals surface area (Å²) in [6, 6.07) is 0.523. The van der Waals surface area contributed by atoms with Gasteiger partial charge in [-0.1, -0.05) is 0 Å². The van der Waals surface area contributed by atoms with Crippen LogP contribution >= 0.6 is 15.9 Å². The van der Waals surface area contributed by atoms with Crippen molar-refractivity contribution < 1.29 is 0 Å². The van der Waals surface area contributed by atoms with Gasteiger partial charge in [-0.3, -0.25) is 4.79 Å². The van der Waals surface area contributed by atoms with Crippen molar-refractivity contribution >= 4 is 21.6 Å². The fourth-order valence-electron chi connectivity index (χ4n) is 3.49. The molecule has 5 nitrogen and oxygen atoms in total. The number of aromatic nitrogens is 2. The predicted octanol–water partition coefficient (Wildman–Crippen LogP) is 1.63. The quantitative estimate of drug-likeness (QED) is 0.888. The molecule has 1 N–H and O–H groups in total. The average molecular weight is 341 g/mol. The van der Waals surface area contributed by atoms with Gasteiger partial charge in [-0.25, -0.2) is 4.68 Å². The van der Waals surface area contributed by atoms with Crippen molar-refractivity contribution in [1.29, 1.82) is 0 Å². The highest BCUT2D eigenvalue weighted by molar-refractivity contribution is 9.10. The lowest BCUT2D eigenvalue weighted by molar-refractivity contribution is 0.470. The Kier molecular flexibility index (Phi) is 3.62. The molecule has 0 aromatic carbocycles. The van der Waals surface area contributed by atoms with Gasteiger partial charge in [-0.05, 0) is 48.5 Å². The van der Waals surface area contributed by atoms with Crippen LogP contribution in [0.25, 0.3) is 0 Å². The topological polar surface area (TPSA) is 50.2 Å². The van der Waals surface area contributed by atoms with Crippen LogP contribution in [0.4, 0.5) is 5.69 Å². The third-order valence-corrected chi connectivity index (χ3v) is 5.40. The number of fused-ring (bicyclic) bond motifs is 1. The molecule has 0 bridgehead atoms. The van der Waals surface area contributed by atoms with Crippen LogP contribution in [0, 0.1) is 11.8 Å². The van der Waals surface area contributed by atoms with E-state index in [4.69, 9.17) is 0 Å². The standard InChI is InChI=1S/C14H21BrN4O/c1-8(2)19-14(20)13(15)12(6-17-19)18-7-10-4-16-5-11(10)9(18)3/h6,8-11,16H,4-5,7H2,1-3H3. The first kappa shape index (κ1) is 14.1. The highest BCUT2D eigenvalue weighted by Gasteiger charge is 2.42. The highest BCUT2D eigenvalue weighted by atomic mass is 79.9. The van der Waals surface area contributed by atoms with Crippen LogP contribution in [-0.4, -0.2) is 35.5 Å². The first-order valence-corrected chi connectivity index (χ1v) is 8.04. The molecule has 0 spiro atoms. The number of hydrogen-bond donors (Lipinski definition) is 1. The van der Waals surface area contributed by atoms with Gasteiger partial charge < -0.3 is 10.2 Å². The van der Waals surface area contributed by atoms with Gasteiger partial charge in [-0.15, -0.1) is 0 Å². The summed E-state index contributed by atoms with van der Waals surface area (Å²) < 4.78 is 2.16. The Morgan fingerprint density at radius 3 is 2.85 bits per heavy atom. The highest BCUT2D eigenvalue weighted by Crippen LogP contribution is 2.37. The maximum Gasteiger partial charge on any atom is 0.283 e. The van der Waals surface area contributed by atoms with E-state index in [-0.39, 0.29) is 11.6 Å². The molecule has 1 aromatic rings. The van der Waals surface area contributed by atoms with E-state index in [0.29, 0.717) is 22.4 Å². The van der Waals surface area contributed by atoms with Crippen LogP contribution in [0.1, 0.15) is 26.8 Å². The first-order chi connectivity index (χ1) is 9.50. The van der Waals surface area contributed by atoms with Gasteiger partial charge in [-0.2, -0.15) is 5.10 Å². The minimum Gasteiger partial charge on any atom is -0.366 e. The number of anilines is 1. The molecule has 0 radical (unpaired) electrons. The molecule has 3 atom stereocenters. The van der Waals surface area contributed by atoms with Crippen molar-refractivity contribution in [2.75, 3.05) is 24.5 Å². The van der Waals surface area contributed by atoms with Gasteiger partial charge in [0.05, 0.1) is 17.9 Å². The maximum atomic E-state index is 12.4. The third kappa shape index (κ3) is 2.09. The first-order valence-electron chi connectivity index (χ1n) is 7.25. The molecule has 1 aromatic heterocycles. The van der Waals surface area contributed by atoms with E-state index in [1.54, 1.807) is 0 Å². The van der Waals surface area contributed by atoms with Crippen LogP contribution in [0.5, 0.6) is 0 Å². The molecule has 0 amide bonds. The van der Waals surface area contributed by atoms with Gasteiger partial charge in [0.1, 0.15) is 4.47 Å². The normalized spacial score (nSPS) is 29.2. The summed E-state index contributed by atoms with van der Waals surface area (Å²) in [6.07, 6.45) is 1.83. The summed E-state index contributed by atoms with van der Waals surface area (Å²) in [5, 5.41) is 7.79. The zero-order valence-corrected chi connectivity index (χ0v) is 13.7. The fourth-order valence-corrected chi connectivity index (χ4v) is 4.00. The lowest BCUT2D eigenvalue weighted by Crippen LogP contribution is -2.35. The number of hydrogen-bond acceptors (Lipinski definition) is 4. The van der Waals surface area contributed by atoms with Crippen LogP contribution in [0.15, 0.2) is 15.5 Å². The summed E-state index contributed by atoms with van der Waals surface area (Å²) >= 11 is 3.49. The van der Waals surface area contributed by atoms with E-state index in [2.05, 4.69) is 38.2 Å². The van der Waals surface area contributed by atoms with Gasteiger partial charge in [0.15, 0.2) is 0 Å². The summed E-state index contributed by atoms with van der Waals surface area (Å²) in [7, 11) is 0. The summed E-state index contributed by atoms with van der Waals surface area (Å²) in [6.45, 7) is 9.35. The van der Waals surface area contributed by atoms with Crippen LogP contribution in [-0.2, 0) is 0 Å². The Morgan fingerprint density at radius 2 is 2.20 bits per heavy atom. The number of rotatable bonds is 2. The minimum absolute atomic E-state index is 0.0418. The van der Waals surface area contributed by atoms with E-state index >= 15 is 0 Å². The zero-order valence-electron chi connectivity index (χ0n) is 12.1. The molecule has 110 valence electrons. The van der Waals surface area contributed by atoms with Gasteiger partial charge in [0.2, 0.25) is 0 Å². The summed E-state index contributed by atoms with van der Waals surface area (Å²) in [4.78, 5) is 14.7. The lowest BCUT2D eigenvalue weighted by Gasteiger charge is -2.27. The molecule has 6 heteroatoms. The molecular formula is C14H21BrN4O. The molecule has 3 heterocycles. The second-order valence-electron chi connectivity index (χ2n) is 6.16. The molecule has 0 saturated carbocycles. The molecule has 2 aliphatic heterocycles. The largest absolute Gasteiger partial charge is 0.366 e. The molecule has 3 rings (SSSR count). The van der Waals surface area contributed by atoms with Crippen molar-refractivity contribution in [2.45, 2.75) is 32.9 Å².